The summed E-state index contributed by atoms with van der Waals surface area (Å²) in [7, 11) is -3.65. The molecule has 0 fully saturated rings. The number of rotatable bonds is 4. The first-order valence-corrected chi connectivity index (χ1v) is 8.54. The summed E-state index contributed by atoms with van der Waals surface area (Å²) in [6.07, 6.45) is 0. The SMILES string of the molecule is O=S(=O)(c1ccc(O)cc1)c1ccc(Oc2ccc(O)cc2)cc1. The van der Waals surface area contributed by atoms with Gasteiger partial charge in [-0.3, -0.25) is 0 Å². The van der Waals surface area contributed by atoms with Crippen molar-refractivity contribution in [2.45, 2.75) is 9.79 Å². The van der Waals surface area contributed by atoms with Crippen molar-refractivity contribution in [1.82, 2.24) is 0 Å². The van der Waals surface area contributed by atoms with Crippen LogP contribution in [0.4, 0.5) is 0 Å². The van der Waals surface area contributed by atoms with Gasteiger partial charge in [-0.15, -0.1) is 0 Å². The molecular formula is C18H14O5S. The van der Waals surface area contributed by atoms with E-state index < -0.39 is 9.84 Å². The van der Waals surface area contributed by atoms with Gasteiger partial charge in [0, 0.05) is 0 Å². The lowest BCUT2D eigenvalue weighted by Gasteiger charge is -2.08. The molecule has 122 valence electrons. The minimum absolute atomic E-state index is 0.00611. The number of sulfone groups is 1. The Bertz CT molecular complexity index is 928. The van der Waals surface area contributed by atoms with Crippen LogP contribution in [0.15, 0.2) is 82.6 Å². The Morgan fingerprint density at radius 2 is 0.917 bits per heavy atom. The molecule has 5 nitrogen and oxygen atoms in total. The number of hydrogen-bond donors (Lipinski definition) is 2. The molecule has 0 saturated carbocycles. The molecule has 0 bridgehead atoms. The highest BCUT2D eigenvalue weighted by Crippen LogP contribution is 2.27. The average Bonchev–Trinajstić information content (AvgIpc) is 2.58. The zero-order valence-electron chi connectivity index (χ0n) is 12.5. The van der Waals surface area contributed by atoms with E-state index >= 15 is 0 Å². The number of phenols is 2. The number of benzene rings is 3. The second kappa shape index (κ2) is 6.25. The lowest BCUT2D eigenvalue weighted by atomic mass is 10.3. The molecule has 0 heterocycles. The second-order valence-electron chi connectivity index (χ2n) is 5.06. The predicted octanol–water partition coefficient (Wildman–Crippen LogP) is 3.72. The van der Waals surface area contributed by atoms with Crippen molar-refractivity contribution in [2.24, 2.45) is 0 Å². The molecule has 3 aromatic rings. The van der Waals surface area contributed by atoms with Crippen molar-refractivity contribution in [3.05, 3.63) is 72.8 Å². The summed E-state index contributed by atoms with van der Waals surface area (Å²) >= 11 is 0. The summed E-state index contributed by atoms with van der Waals surface area (Å²) in [6, 6.07) is 17.6. The van der Waals surface area contributed by atoms with Gasteiger partial charge in [0.1, 0.15) is 23.0 Å². The van der Waals surface area contributed by atoms with Crippen LogP contribution in [0, 0.1) is 0 Å². The van der Waals surface area contributed by atoms with E-state index in [-0.39, 0.29) is 21.3 Å². The number of aromatic hydroxyl groups is 2. The summed E-state index contributed by atoms with van der Waals surface area (Å²) in [5.74, 6) is 1.15. The van der Waals surface area contributed by atoms with Crippen molar-refractivity contribution in [1.29, 1.82) is 0 Å². The fraction of sp³-hybridized carbons (Fsp3) is 0. The van der Waals surface area contributed by atoms with Gasteiger partial charge in [0.05, 0.1) is 9.79 Å². The minimum atomic E-state index is -3.65. The highest BCUT2D eigenvalue weighted by Gasteiger charge is 2.17. The Morgan fingerprint density at radius 3 is 1.38 bits per heavy atom. The van der Waals surface area contributed by atoms with Crippen molar-refractivity contribution in [2.75, 3.05) is 0 Å². The van der Waals surface area contributed by atoms with Crippen molar-refractivity contribution >= 4 is 9.84 Å². The van der Waals surface area contributed by atoms with E-state index in [1.807, 2.05) is 0 Å². The molecule has 2 N–H and O–H groups in total. The topological polar surface area (TPSA) is 83.8 Å². The van der Waals surface area contributed by atoms with Crippen LogP contribution in [0.2, 0.25) is 0 Å². The Kier molecular flexibility index (Phi) is 4.14. The molecule has 0 saturated heterocycles. The molecule has 0 spiro atoms. The molecular weight excluding hydrogens is 328 g/mol. The molecule has 6 heteroatoms. The summed E-state index contributed by atoms with van der Waals surface area (Å²) in [5, 5.41) is 18.5. The molecule has 0 amide bonds. The van der Waals surface area contributed by atoms with E-state index in [4.69, 9.17) is 4.74 Å². The third-order valence-corrected chi connectivity index (χ3v) is 5.14. The monoisotopic (exact) mass is 342 g/mol. The van der Waals surface area contributed by atoms with Gasteiger partial charge in [0.15, 0.2) is 0 Å². The highest BCUT2D eigenvalue weighted by atomic mass is 32.2. The highest BCUT2D eigenvalue weighted by molar-refractivity contribution is 7.91. The number of phenolic OH excluding ortho intramolecular Hbond substituents is 2. The lowest BCUT2D eigenvalue weighted by Crippen LogP contribution is -2.01. The fourth-order valence-electron chi connectivity index (χ4n) is 2.10. The second-order valence-corrected chi connectivity index (χ2v) is 7.01. The van der Waals surface area contributed by atoms with E-state index in [1.54, 1.807) is 24.3 Å². The maximum atomic E-state index is 12.5. The van der Waals surface area contributed by atoms with E-state index in [9.17, 15) is 18.6 Å². The van der Waals surface area contributed by atoms with Gasteiger partial charge in [0.25, 0.3) is 0 Å². The number of hydrogen-bond acceptors (Lipinski definition) is 5. The zero-order valence-corrected chi connectivity index (χ0v) is 13.3. The molecule has 3 aromatic carbocycles. The summed E-state index contributed by atoms with van der Waals surface area (Å²) in [4.78, 5) is 0.235. The van der Waals surface area contributed by atoms with Crippen LogP contribution in [-0.4, -0.2) is 18.6 Å². The molecule has 0 atom stereocenters. The Hall–Kier alpha value is -2.99. The van der Waals surface area contributed by atoms with E-state index in [0.29, 0.717) is 11.5 Å². The van der Waals surface area contributed by atoms with Crippen LogP contribution < -0.4 is 4.74 Å². The van der Waals surface area contributed by atoms with Crippen LogP contribution in [0.5, 0.6) is 23.0 Å². The van der Waals surface area contributed by atoms with Gasteiger partial charge >= 0.3 is 0 Å². The summed E-state index contributed by atoms with van der Waals surface area (Å²) in [6.45, 7) is 0. The first kappa shape index (κ1) is 15.9. The number of ether oxygens (including phenoxy) is 1. The lowest BCUT2D eigenvalue weighted by molar-refractivity contribution is 0.464. The molecule has 0 aliphatic rings. The minimum Gasteiger partial charge on any atom is -0.508 e. The van der Waals surface area contributed by atoms with E-state index in [1.165, 1.54) is 48.5 Å². The maximum Gasteiger partial charge on any atom is 0.206 e. The van der Waals surface area contributed by atoms with Gasteiger partial charge in [-0.2, -0.15) is 0 Å². The fourth-order valence-corrected chi connectivity index (χ4v) is 3.36. The first-order valence-electron chi connectivity index (χ1n) is 7.06. The Labute approximate surface area is 139 Å². The summed E-state index contributed by atoms with van der Waals surface area (Å²) in [5.41, 5.74) is 0. The van der Waals surface area contributed by atoms with Crippen LogP contribution in [-0.2, 0) is 9.84 Å². The zero-order chi connectivity index (χ0) is 17.2. The van der Waals surface area contributed by atoms with Crippen LogP contribution in [0.1, 0.15) is 0 Å². The third-order valence-electron chi connectivity index (χ3n) is 3.35. The Balaban J connectivity index is 1.83. The molecule has 0 aliphatic carbocycles. The van der Waals surface area contributed by atoms with E-state index in [0.717, 1.165) is 0 Å². The molecule has 0 aromatic heterocycles. The van der Waals surface area contributed by atoms with Crippen molar-refractivity contribution in [3.8, 4) is 23.0 Å². The van der Waals surface area contributed by atoms with Gasteiger partial charge in [-0.05, 0) is 72.8 Å². The first-order chi connectivity index (χ1) is 11.4. The Morgan fingerprint density at radius 1 is 0.583 bits per heavy atom. The van der Waals surface area contributed by atoms with Crippen LogP contribution in [0.25, 0.3) is 0 Å². The maximum absolute atomic E-state index is 12.5. The van der Waals surface area contributed by atoms with Gasteiger partial charge in [0.2, 0.25) is 9.84 Å². The molecule has 3 rings (SSSR count). The van der Waals surface area contributed by atoms with Gasteiger partial charge in [-0.25, -0.2) is 8.42 Å². The average molecular weight is 342 g/mol. The quantitative estimate of drug-likeness (QED) is 0.755. The van der Waals surface area contributed by atoms with Gasteiger partial charge in [-0.1, -0.05) is 0 Å². The van der Waals surface area contributed by atoms with E-state index in [2.05, 4.69) is 0 Å². The van der Waals surface area contributed by atoms with Crippen LogP contribution >= 0.6 is 0 Å². The largest absolute Gasteiger partial charge is 0.508 e. The normalized spacial score (nSPS) is 11.2. The van der Waals surface area contributed by atoms with Crippen molar-refractivity contribution < 1.29 is 23.4 Å². The van der Waals surface area contributed by atoms with Gasteiger partial charge < -0.3 is 14.9 Å². The molecule has 0 aliphatic heterocycles. The summed E-state index contributed by atoms with van der Waals surface area (Å²) < 4.78 is 30.6. The predicted molar refractivity (Wildman–Crippen MR) is 88.2 cm³/mol. The smallest absolute Gasteiger partial charge is 0.206 e. The standard InChI is InChI=1S/C18H14O5S/c19-13-1-5-15(6-2-13)23-16-7-11-18(12-8-16)24(21,22)17-9-3-14(20)4-10-17/h1-12,19-20H. The molecule has 24 heavy (non-hydrogen) atoms. The van der Waals surface area contributed by atoms with Crippen molar-refractivity contribution in [3.63, 3.8) is 0 Å². The molecule has 0 radical (unpaired) electrons. The molecule has 0 unspecified atom stereocenters. The van der Waals surface area contributed by atoms with Crippen LogP contribution in [0.3, 0.4) is 0 Å². The third kappa shape index (κ3) is 3.33.